The Morgan fingerprint density at radius 1 is 1.04 bits per heavy atom. The van der Waals surface area contributed by atoms with E-state index in [1.54, 1.807) is 38.1 Å². The van der Waals surface area contributed by atoms with Gasteiger partial charge in [-0.3, -0.25) is 4.79 Å². The highest BCUT2D eigenvalue weighted by Crippen LogP contribution is 2.39. The van der Waals surface area contributed by atoms with Crippen LogP contribution >= 0.6 is 11.6 Å². The number of carbonyl (C=O) groups excluding carboxylic acids is 1. The first-order valence-corrected chi connectivity index (χ1v) is 19.5. The van der Waals surface area contributed by atoms with E-state index in [0.717, 1.165) is 34.9 Å². The van der Waals surface area contributed by atoms with Crippen molar-refractivity contribution in [3.8, 4) is 11.5 Å². The fourth-order valence-corrected chi connectivity index (χ4v) is 8.48. The number of carboxylic acid groups (broad SMARTS) is 1. The Morgan fingerprint density at radius 2 is 1.79 bits per heavy atom. The van der Waals surface area contributed by atoms with E-state index in [9.17, 15) is 36.3 Å². The van der Waals surface area contributed by atoms with Crippen LogP contribution in [0.2, 0.25) is 5.02 Å². The smallest absolute Gasteiger partial charge is 0.416 e. The SMILES string of the molecule is COc1ccc(CN(c2ccncn2)S(=O)(=O)c2cc(Cl)c(N[C@H]3CC[C@H](c4cccc(C(F)(F)F)c4)C[C@@H]3NC(=O)[C@@H](NC(=O)O)C(C)C)cc2F)c(OC)c1. The van der Waals surface area contributed by atoms with Crippen molar-refractivity contribution in [3.63, 3.8) is 0 Å². The molecule has 4 N–H and O–H groups in total. The van der Waals surface area contributed by atoms with Gasteiger partial charge in [-0.05, 0) is 67.0 Å². The highest BCUT2D eigenvalue weighted by molar-refractivity contribution is 7.92. The Hall–Kier alpha value is -5.36. The van der Waals surface area contributed by atoms with Crippen molar-refractivity contribution in [2.75, 3.05) is 23.8 Å². The molecule has 0 spiro atoms. The maximum Gasteiger partial charge on any atom is 0.416 e. The van der Waals surface area contributed by atoms with Crippen LogP contribution in [0.1, 0.15) is 55.7 Å². The van der Waals surface area contributed by atoms with Gasteiger partial charge in [0.05, 0.1) is 37.0 Å². The molecule has 1 aliphatic carbocycles. The first-order chi connectivity index (χ1) is 26.9. The van der Waals surface area contributed by atoms with Crippen LogP contribution in [-0.4, -0.2) is 67.8 Å². The Bertz CT molecular complexity index is 2180. The van der Waals surface area contributed by atoms with Gasteiger partial charge in [-0.2, -0.15) is 13.2 Å². The summed E-state index contributed by atoms with van der Waals surface area (Å²) in [6.07, 6.45) is -2.83. The number of hydrogen-bond donors (Lipinski definition) is 4. The molecule has 1 heterocycles. The molecule has 4 aromatic rings. The van der Waals surface area contributed by atoms with E-state index >= 15 is 4.39 Å². The highest BCUT2D eigenvalue weighted by atomic mass is 35.5. The molecule has 306 valence electrons. The molecule has 5 rings (SSSR count). The number of alkyl halides is 3. The van der Waals surface area contributed by atoms with Crippen molar-refractivity contribution in [3.05, 3.63) is 101 Å². The van der Waals surface area contributed by atoms with E-state index in [1.165, 1.54) is 32.5 Å². The molecule has 0 aliphatic heterocycles. The van der Waals surface area contributed by atoms with Crippen LogP contribution in [0, 0.1) is 11.7 Å². The molecule has 19 heteroatoms. The fourth-order valence-electron chi connectivity index (χ4n) is 6.73. The first kappa shape index (κ1) is 42.8. The van der Waals surface area contributed by atoms with Gasteiger partial charge in [-0.15, -0.1) is 0 Å². The van der Waals surface area contributed by atoms with Crippen molar-refractivity contribution < 1.29 is 50.1 Å². The molecular weight excluding hydrogens is 796 g/mol. The van der Waals surface area contributed by atoms with Crippen molar-refractivity contribution in [2.45, 2.75) is 74.8 Å². The van der Waals surface area contributed by atoms with Gasteiger partial charge < -0.3 is 30.5 Å². The number of nitrogens with one attached hydrogen (secondary N) is 3. The number of carbonyl (C=O) groups is 2. The number of rotatable bonds is 14. The van der Waals surface area contributed by atoms with Crippen LogP contribution in [0.15, 0.2) is 78.1 Å². The number of methoxy groups -OCH3 is 2. The van der Waals surface area contributed by atoms with Gasteiger partial charge in [0.25, 0.3) is 10.0 Å². The molecule has 1 aromatic heterocycles. The van der Waals surface area contributed by atoms with Crippen molar-refractivity contribution >= 4 is 45.1 Å². The van der Waals surface area contributed by atoms with Crippen LogP contribution in [0.3, 0.4) is 0 Å². The minimum atomic E-state index is -4.73. The lowest BCUT2D eigenvalue weighted by Crippen LogP contribution is -2.56. The van der Waals surface area contributed by atoms with E-state index in [4.69, 9.17) is 21.1 Å². The third kappa shape index (κ3) is 10.2. The number of halogens is 5. The Balaban J connectivity index is 1.47. The molecule has 57 heavy (non-hydrogen) atoms. The number of aromatic nitrogens is 2. The summed E-state index contributed by atoms with van der Waals surface area (Å²) in [4.78, 5) is 32.1. The summed E-state index contributed by atoms with van der Waals surface area (Å²) in [5.74, 6) is -2.09. The van der Waals surface area contributed by atoms with E-state index in [2.05, 4.69) is 25.9 Å². The zero-order valence-electron chi connectivity index (χ0n) is 31.2. The van der Waals surface area contributed by atoms with E-state index in [1.807, 2.05) is 0 Å². The number of sulfonamides is 1. The highest BCUT2D eigenvalue weighted by Gasteiger charge is 2.38. The molecule has 0 saturated heterocycles. The second-order valence-electron chi connectivity index (χ2n) is 13.7. The lowest BCUT2D eigenvalue weighted by atomic mass is 9.78. The minimum absolute atomic E-state index is 0.0237. The third-order valence-corrected chi connectivity index (χ3v) is 11.7. The van der Waals surface area contributed by atoms with E-state index < -0.39 is 74.4 Å². The van der Waals surface area contributed by atoms with Gasteiger partial charge >= 0.3 is 12.3 Å². The van der Waals surface area contributed by atoms with Gasteiger partial charge in [0, 0.05) is 36.0 Å². The standard InChI is InChI=1S/C38H41ClF4N6O7S/c1-21(2)35(48-37(51)52)36(50)47-31-15-23(22-6-5-7-25(14-22)38(41,42)43)9-11-29(31)46-30-18-28(40)33(17-27(30)39)57(53,54)49(34-12-13-44-20-45-34)19-24-8-10-26(55-3)16-32(24)56-4/h5-8,10,12-14,16-18,20-21,23,29,31,35,46,48H,9,11,15,19H2,1-4H3,(H,47,50)(H,51,52)/t23-,29-,31-,35-/m0/s1. The van der Waals surface area contributed by atoms with Gasteiger partial charge in [0.15, 0.2) is 0 Å². The van der Waals surface area contributed by atoms with Crippen LogP contribution in [0.25, 0.3) is 0 Å². The molecule has 1 aliphatic rings. The number of ether oxygens (including phenoxy) is 2. The summed E-state index contributed by atoms with van der Waals surface area (Å²) in [6, 6.07) is 10.1. The molecule has 0 radical (unpaired) electrons. The largest absolute Gasteiger partial charge is 0.497 e. The van der Waals surface area contributed by atoms with Crippen LogP contribution in [0.4, 0.5) is 33.9 Å². The van der Waals surface area contributed by atoms with Gasteiger partial charge in [0.1, 0.15) is 40.4 Å². The summed E-state index contributed by atoms with van der Waals surface area (Å²) in [5, 5.41) is 17.3. The molecule has 4 atom stereocenters. The fraction of sp³-hybridized carbons (Fsp3) is 0.368. The molecular formula is C38H41ClF4N6O7S. The number of hydrogen-bond acceptors (Lipinski definition) is 9. The maximum atomic E-state index is 16.2. The monoisotopic (exact) mass is 836 g/mol. The number of nitrogens with zero attached hydrogens (tertiary/aromatic N) is 3. The minimum Gasteiger partial charge on any atom is -0.497 e. The summed E-state index contributed by atoms with van der Waals surface area (Å²) in [7, 11) is -1.87. The Labute approximate surface area is 331 Å². The Morgan fingerprint density at radius 3 is 2.42 bits per heavy atom. The second kappa shape index (κ2) is 17.8. The van der Waals surface area contributed by atoms with E-state index in [-0.39, 0.29) is 35.9 Å². The number of amides is 2. The van der Waals surface area contributed by atoms with Crippen LogP contribution in [-0.2, 0) is 27.5 Å². The van der Waals surface area contributed by atoms with Gasteiger partial charge in [-0.25, -0.2) is 31.9 Å². The summed E-state index contributed by atoms with van der Waals surface area (Å²) in [5.41, 5.74) is -0.0578. The molecule has 3 aromatic carbocycles. The predicted molar refractivity (Wildman–Crippen MR) is 204 cm³/mol. The summed E-state index contributed by atoms with van der Waals surface area (Å²) in [6.45, 7) is 2.94. The van der Waals surface area contributed by atoms with Crippen LogP contribution in [0.5, 0.6) is 11.5 Å². The molecule has 13 nitrogen and oxygen atoms in total. The summed E-state index contributed by atoms with van der Waals surface area (Å²) < 4.78 is 97.1. The zero-order valence-corrected chi connectivity index (χ0v) is 32.8. The molecule has 1 saturated carbocycles. The predicted octanol–water partition coefficient (Wildman–Crippen LogP) is 7.23. The van der Waals surface area contributed by atoms with Gasteiger partial charge in [-0.1, -0.05) is 43.6 Å². The average molecular weight is 837 g/mol. The third-order valence-electron chi connectivity index (χ3n) is 9.65. The topological polar surface area (TPSA) is 172 Å². The van der Waals surface area contributed by atoms with Crippen molar-refractivity contribution in [1.29, 1.82) is 0 Å². The average Bonchev–Trinajstić information content (AvgIpc) is 3.17. The van der Waals surface area contributed by atoms with Crippen LogP contribution < -0.4 is 29.7 Å². The van der Waals surface area contributed by atoms with Crippen molar-refractivity contribution in [2.24, 2.45) is 5.92 Å². The molecule has 0 unspecified atom stereocenters. The number of anilines is 2. The van der Waals surface area contributed by atoms with Gasteiger partial charge in [0.2, 0.25) is 5.91 Å². The Kier molecular flexibility index (Phi) is 13.4. The first-order valence-electron chi connectivity index (χ1n) is 17.6. The molecule has 1 fully saturated rings. The molecule has 2 amide bonds. The quantitative estimate of drug-likeness (QED) is 0.0951. The zero-order chi connectivity index (χ0) is 41.7. The lowest BCUT2D eigenvalue weighted by Gasteiger charge is -2.39. The normalized spacial score (nSPS) is 17.7. The van der Waals surface area contributed by atoms with E-state index in [0.29, 0.717) is 29.0 Å². The maximum absolute atomic E-state index is 16.2. The number of benzene rings is 3. The summed E-state index contributed by atoms with van der Waals surface area (Å²) >= 11 is 6.67. The lowest BCUT2D eigenvalue weighted by molar-refractivity contribution is -0.137. The van der Waals surface area contributed by atoms with Crippen molar-refractivity contribution in [1.82, 2.24) is 20.6 Å². The molecule has 0 bridgehead atoms. The second-order valence-corrected chi connectivity index (χ2v) is 15.9.